The van der Waals surface area contributed by atoms with Crippen LogP contribution >= 0.6 is 0 Å². The minimum Gasteiger partial charge on any atom is -0.466 e. The summed E-state index contributed by atoms with van der Waals surface area (Å²) in [7, 11) is 2.55. The Hall–Kier alpha value is -2.50. The highest BCUT2D eigenvalue weighted by molar-refractivity contribution is 5.99. The van der Waals surface area contributed by atoms with Crippen molar-refractivity contribution in [1.29, 1.82) is 0 Å². The summed E-state index contributed by atoms with van der Waals surface area (Å²) in [4.78, 5) is 25.9. The first kappa shape index (κ1) is 18.8. The zero-order valence-corrected chi connectivity index (χ0v) is 15.1. The first-order valence-corrected chi connectivity index (χ1v) is 8.55. The van der Waals surface area contributed by atoms with Gasteiger partial charge in [0.15, 0.2) is 0 Å². The van der Waals surface area contributed by atoms with Crippen LogP contribution in [0, 0.1) is 6.92 Å². The molecule has 0 saturated carbocycles. The van der Waals surface area contributed by atoms with Gasteiger partial charge in [-0.25, -0.2) is 9.59 Å². The third-order valence-electron chi connectivity index (χ3n) is 4.24. The summed E-state index contributed by atoms with van der Waals surface area (Å²) in [6.45, 7) is 3.94. The predicted molar refractivity (Wildman–Crippen MR) is 97.6 cm³/mol. The first-order valence-electron chi connectivity index (χ1n) is 8.55. The van der Waals surface area contributed by atoms with E-state index in [9.17, 15) is 9.59 Å². The Bertz CT molecular complexity index is 647. The summed E-state index contributed by atoms with van der Waals surface area (Å²) >= 11 is 0. The predicted octanol–water partition coefficient (Wildman–Crippen LogP) is 3.02. The molecular weight excluding hydrogens is 320 g/mol. The number of anilines is 2. The van der Waals surface area contributed by atoms with Crippen molar-refractivity contribution in [3.05, 3.63) is 35.5 Å². The molecule has 1 aliphatic heterocycles. The van der Waals surface area contributed by atoms with Crippen molar-refractivity contribution in [2.45, 2.75) is 32.6 Å². The standard InChI is InChI=1S/C19H26N2O4/c1-14-8-9-17(21-10-6-4-5-7-11-21)15(12-14)20-16(19(23)25-3)13-18(22)24-2/h8-9,12-13,20H,4-7,10-11H2,1-3H3/b16-13+. The fourth-order valence-electron chi connectivity index (χ4n) is 2.92. The van der Waals surface area contributed by atoms with Crippen LogP contribution in [-0.4, -0.2) is 39.2 Å². The van der Waals surface area contributed by atoms with Gasteiger partial charge < -0.3 is 19.7 Å². The number of methoxy groups -OCH3 is 2. The molecule has 0 radical (unpaired) electrons. The Morgan fingerprint density at radius 1 is 1.08 bits per heavy atom. The van der Waals surface area contributed by atoms with Gasteiger partial charge in [0.2, 0.25) is 0 Å². The fourth-order valence-corrected chi connectivity index (χ4v) is 2.92. The maximum atomic E-state index is 12.0. The number of nitrogens with zero attached hydrogens (tertiary/aromatic N) is 1. The number of hydrogen-bond acceptors (Lipinski definition) is 6. The second-order valence-corrected chi connectivity index (χ2v) is 6.12. The van der Waals surface area contributed by atoms with Crippen molar-refractivity contribution < 1.29 is 19.1 Å². The summed E-state index contributed by atoms with van der Waals surface area (Å²) in [5.41, 5.74) is 2.91. The molecule has 0 amide bonds. The molecule has 1 aliphatic rings. The second kappa shape index (κ2) is 9.11. The Morgan fingerprint density at radius 3 is 2.36 bits per heavy atom. The molecule has 0 unspecified atom stereocenters. The third-order valence-corrected chi connectivity index (χ3v) is 4.24. The molecule has 1 heterocycles. The lowest BCUT2D eigenvalue weighted by molar-refractivity contribution is -0.138. The maximum Gasteiger partial charge on any atom is 0.354 e. The van der Waals surface area contributed by atoms with E-state index in [-0.39, 0.29) is 5.70 Å². The molecule has 1 aromatic rings. The van der Waals surface area contributed by atoms with Gasteiger partial charge in [-0.05, 0) is 37.5 Å². The zero-order chi connectivity index (χ0) is 18.2. The summed E-state index contributed by atoms with van der Waals surface area (Å²) in [5, 5.41) is 3.07. The molecule has 1 saturated heterocycles. The molecule has 1 aromatic carbocycles. The van der Waals surface area contributed by atoms with Crippen LogP contribution < -0.4 is 10.2 Å². The van der Waals surface area contributed by atoms with Crippen molar-refractivity contribution in [1.82, 2.24) is 0 Å². The molecule has 0 bridgehead atoms. The monoisotopic (exact) mass is 346 g/mol. The van der Waals surface area contributed by atoms with E-state index < -0.39 is 11.9 Å². The second-order valence-electron chi connectivity index (χ2n) is 6.12. The van der Waals surface area contributed by atoms with E-state index in [1.807, 2.05) is 19.1 Å². The van der Waals surface area contributed by atoms with Crippen LogP contribution in [0.4, 0.5) is 11.4 Å². The highest BCUT2D eigenvalue weighted by Gasteiger charge is 2.18. The van der Waals surface area contributed by atoms with E-state index in [0.717, 1.165) is 48.9 Å². The molecule has 136 valence electrons. The molecule has 0 spiro atoms. The smallest absolute Gasteiger partial charge is 0.354 e. The highest BCUT2D eigenvalue weighted by Crippen LogP contribution is 2.30. The van der Waals surface area contributed by atoms with Gasteiger partial charge in [-0.15, -0.1) is 0 Å². The minimum absolute atomic E-state index is 0.0519. The van der Waals surface area contributed by atoms with Crippen LogP contribution in [0.2, 0.25) is 0 Å². The van der Waals surface area contributed by atoms with Gasteiger partial charge in [-0.1, -0.05) is 18.9 Å². The topological polar surface area (TPSA) is 67.9 Å². The number of hydrogen-bond donors (Lipinski definition) is 1. The summed E-state index contributed by atoms with van der Waals surface area (Å²) < 4.78 is 9.40. The SMILES string of the molecule is COC(=O)/C=C(/Nc1cc(C)ccc1N1CCCCCC1)C(=O)OC. The highest BCUT2D eigenvalue weighted by atomic mass is 16.5. The van der Waals surface area contributed by atoms with E-state index in [2.05, 4.69) is 21.0 Å². The summed E-state index contributed by atoms with van der Waals surface area (Å²) in [6, 6.07) is 6.07. The normalized spacial score (nSPS) is 15.3. The van der Waals surface area contributed by atoms with Gasteiger partial charge in [0.1, 0.15) is 5.70 Å². The molecular formula is C19H26N2O4. The van der Waals surface area contributed by atoms with E-state index in [1.165, 1.54) is 27.1 Å². The first-order chi connectivity index (χ1) is 12.0. The molecule has 0 atom stereocenters. The lowest BCUT2D eigenvalue weighted by atomic mass is 10.1. The molecule has 0 aliphatic carbocycles. The zero-order valence-electron chi connectivity index (χ0n) is 15.1. The van der Waals surface area contributed by atoms with Crippen LogP contribution in [0.5, 0.6) is 0 Å². The van der Waals surface area contributed by atoms with Gasteiger partial charge >= 0.3 is 11.9 Å². The number of nitrogens with one attached hydrogen (secondary N) is 1. The van der Waals surface area contributed by atoms with Crippen LogP contribution in [0.15, 0.2) is 30.0 Å². The van der Waals surface area contributed by atoms with Gasteiger partial charge in [0.05, 0.1) is 31.7 Å². The lowest BCUT2D eigenvalue weighted by Crippen LogP contribution is -2.25. The van der Waals surface area contributed by atoms with E-state index in [4.69, 9.17) is 4.74 Å². The molecule has 1 N–H and O–H groups in total. The lowest BCUT2D eigenvalue weighted by Gasteiger charge is -2.26. The maximum absolute atomic E-state index is 12.0. The average molecular weight is 346 g/mol. The number of carbonyl (C=O) groups excluding carboxylic acids is 2. The van der Waals surface area contributed by atoms with Crippen molar-refractivity contribution in [2.75, 3.05) is 37.5 Å². The Morgan fingerprint density at radius 2 is 1.76 bits per heavy atom. The molecule has 6 heteroatoms. The van der Waals surface area contributed by atoms with Crippen molar-refractivity contribution in [3.63, 3.8) is 0 Å². The number of ether oxygens (including phenoxy) is 2. The van der Waals surface area contributed by atoms with E-state index in [0.29, 0.717) is 0 Å². The molecule has 0 aromatic heterocycles. The molecule has 25 heavy (non-hydrogen) atoms. The Labute approximate surface area is 148 Å². The quantitative estimate of drug-likeness (QED) is 0.653. The van der Waals surface area contributed by atoms with Crippen LogP contribution in [0.1, 0.15) is 31.2 Å². The molecule has 6 nitrogen and oxygen atoms in total. The molecule has 1 fully saturated rings. The number of esters is 2. The van der Waals surface area contributed by atoms with Gasteiger partial charge in [0, 0.05) is 13.1 Å². The van der Waals surface area contributed by atoms with Crippen molar-refractivity contribution in [3.8, 4) is 0 Å². The number of rotatable bonds is 5. The van der Waals surface area contributed by atoms with Gasteiger partial charge in [-0.3, -0.25) is 0 Å². The van der Waals surface area contributed by atoms with Crippen LogP contribution in [-0.2, 0) is 19.1 Å². The fraction of sp³-hybridized carbons (Fsp3) is 0.474. The minimum atomic E-state index is -0.617. The van der Waals surface area contributed by atoms with E-state index in [1.54, 1.807) is 0 Å². The van der Waals surface area contributed by atoms with Crippen LogP contribution in [0.25, 0.3) is 0 Å². The van der Waals surface area contributed by atoms with Crippen molar-refractivity contribution >= 4 is 23.3 Å². The number of carbonyl (C=O) groups is 2. The Kier molecular flexibility index (Phi) is 6.86. The van der Waals surface area contributed by atoms with Crippen LogP contribution in [0.3, 0.4) is 0 Å². The van der Waals surface area contributed by atoms with Crippen molar-refractivity contribution in [2.24, 2.45) is 0 Å². The third kappa shape index (κ3) is 5.24. The van der Waals surface area contributed by atoms with E-state index >= 15 is 0 Å². The largest absolute Gasteiger partial charge is 0.466 e. The number of benzene rings is 1. The van der Waals surface area contributed by atoms with Gasteiger partial charge in [-0.2, -0.15) is 0 Å². The average Bonchev–Trinajstić information content (AvgIpc) is 2.89. The Balaban J connectivity index is 2.35. The number of aryl methyl sites for hydroxylation is 1. The molecule has 2 rings (SSSR count). The summed E-state index contributed by atoms with van der Waals surface area (Å²) in [6.07, 6.45) is 5.88. The van der Waals surface area contributed by atoms with Gasteiger partial charge in [0.25, 0.3) is 0 Å². The summed E-state index contributed by atoms with van der Waals surface area (Å²) in [5.74, 6) is -1.23.